The molecule has 1 aromatic heterocycles. The average molecular weight is 269 g/mol. The van der Waals surface area contributed by atoms with E-state index in [4.69, 9.17) is 12.2 Å². The molecular weight excluding hydrogens is 254 g/mol. The number of nitrogens with one attached hydrogen (secondary N) is 1. The Bertz CT molecular complexity index is 706. The number of benzene rings is 1. The third kappa shape index (κ3) is 1.78. The highest BCUT2D eigenvalue weighted by molar-refractivity contribution is 7.71. The topological polar surface area (TPSA) is 33.6 Å². The van der Waals surface area contributed by atoms with E-state index in [1.807, 2.05) is 0 Å². The maximum absolute atomic E-state index is 5.31. The van der Waals surface area contributed by atoms with Crippen LogP contribution in [-0.4, -0.2) is 14.8 Å². The van der Waals surface area contributed by atoms with Crippen molar-refractivity contribution in [3.8, 4) is 0 Å². The van der Waals surface area contributed by atoms with Gasteiger partial charge >= 0.3 is 0 Å². The van der Waals surface area contributed by atoms with Gasteiger partial charge in [-0.05, 0) is 54.1 Å². The second-order valence-electron chi connectivity index (χ2n) is 5.34. The number of fused-ring (bicyclic) bond motifs is 1. The van der Waals surface area contributed by atoms with Crippen molar-refractivity contribution < 1.29 is 0 Å². The van der Waals surface area contributed by atoms with Gasteiger partial charge < -0.3 is 0 Å². The maximum Gasteiger partial charge on any atom is 0.195 e. The van der Waals surface area contributed by atoms with Crippen molar-refractivity contribution in [3.05, 3.63) is 52.6 Å². The third-order valence-electron chi connectivity index (χ3n) is 4.12. The molecule has 1 heterocycles. The summed E-state index contributed by atoms with van der Waals surface area (Å²) in [6, 6.07) is 9.00. The Morgan fingerprint density at radius 3 is 2.84 bits per heavy atom. The molecule has 4 heteroatoms. The summed E-state index contributed by atoms with van der Waals surface area (Å²) in [5, 5.41) is 6.90. The Morgan fingerprint density at radius 2 is 2.11 bits per heavy atom. The zero-order valence-electron chi connectivity index (χ0n) is 10.5. The first kappa shape index (κ1) is 11.2. The molecule has 1 N–H and O–H groups in total. The summed E-state index contributed by atoms with van der Waals surface area (Å²) in [5.74, 6) is 0.791. The van der Waals surface area contributed by atoms with Gasteiger partial charge in [-0.3, -0.25) is 9.67 Å². The van der Waals surface area contributed by atoms with Crippen molar-refractivity contribution in [2.24, 2.45) is 5.92 Å². The standard InChI is InChI=1S/C15H15N3S/c19-15-17-16-9-18(15)14-8-7-11(10-5-6-10)12-3-1-2-4-13(12)14/h1-4,7,9-10,14H,5-6,8H2,(H,17,19). The molecule has 1 saturated carbocycles. The monoisotopic (exact) mass is 269 g/mol. The number of H-pyrrole nitrogens is 1. The minimum Gasteiger partial charge on any atom is -0.299 e. The summed E-state index contributed by atoms with van der Waals surface area (Å²) in [7, 11) is 0. The predicted octanol–water partition coefficient (Wildman–Crippen LogP) is 3.73. The molecule has 0 amide bonds. The summed E-state index contributed by atoms with van der Waals surface area (Å²) < 4.78 is 2.76. The lowest BCUT2D eigenvalue weighted by molar-refractivity contribution is 0.575. The summed E-state index contributed by atoms with van der Waals surface area (Å²) in [6.07, 6.45) is 7.90. The minimum atomic E-state index is 0.282. The molecule has 0 aliphatic heterocycles. The average Bonchev–Trinajstić information content (AvgIpc) is 3.20. The Kier molecular flexibility index (Phi) is 2.45. The van der Waals surface area contributed by atoms with Crippen molar-refractivity contribution in [3.63, 3.8) is 0 Å². The fraction of sp³-hybridized carbons (Fsp3) is 0.333. The van der Waals surface area contributed by atoms with E-state index in [-0.39, 0.29) is 6.04 Å². The summed E-state index contributed by atoms with van der Waals surface area (Å²) in [5.41, 5.74) is 4.33. The Balaban J connectivity index is 1.85. The van der Waals surface area contributed by atoms with Crippen LogP contribution in [0.3, 0.4) is 0 Å². The summed E-state index contributed by atoms with van der Waals surface area (Å²) >= 11 is 5.31. The second kappa shape index (κ2) is 4.17. The Morgan fingerprint density at radius 1 is 1.26 bits per heavy atom. The van der Waals surface area contributed by atoms with Crippen molar-refractivity contribution in [2.45, 2.75) is 25.3 Å². The van der Waals surface area contributed by atoms with Crippen LogP contribution < -0.4 is 0 Å². The molecule has 0 saturated heterocycles. The number of aromatic nitrogens is 3. The van der Waals surface area contributed by atoms with Gasteiger partial charge in [0.15, 0.2) is 4.77 Å². The molecule has 2 aromatic rings. The van der Waals surface area contributed by atoms with Crippen LogP contribution in [0.5, 0.6) is 0 Å². The first-order valence-corrected chi connectivity index (χ1v) is 7.16. The number of nitrogens with zero attached hydrogens (tertiary/aromatic N) is 2. The van der Waals surface area contributed by atoms with Crippen LogP contribution in [0, 0.1) is 10.7 Å². The van der Waals surface area contributed by atoms with Crippen LogP contribution in [0.1, 0.15) is 36.4 Å². The van der Waals surface area contributed by atoms with E-state index in [9.17, 15) is 0 Å². The van der Waals surface area contributed by atoms with Gasteiger partial charge in [0.05, 0.1) is 6.04 Å². The lowest BCUT2D eigenvalue weighted by atomic mass is 9.85. The molecule has 0 radical (unpaired) electrons. The van der Waals surface area contributed by atoms with Gasteiger partial charge in [-0.25, -0.2) is 0 Å². The van der Waals surface area contributed by atoms with Crippen LogP contribution in [0.2, 0.25) is 0 Å². The van der Waals surface area contributed by atoms with Crippen molar-refractivity contribution in [2.75, 3.05) is 0 Å². The van der Waals surface area contributed by atoms with Gasteiger partial charge in [0, 0.05) is 0 Å². The smallest absolute Gasteiger partial charge is 0.195 e. The highest BCUT2D eigenvalue weighted by atomic mass is 32.1. The van der Waals surface area contributed by atoms with Gasteiger partial charge in [-0.2, -0.15) is 5.10 Å². The highest BCUT2D eigenvalue weighted by Crippen LogP contribution is 2.47. The predicted molar refractivity (Wildman–Crippen MR) is 77.3 cm³/mol. The van der Waals surface area contributed by atoms with E-state index in [0.717, 1.165) is 12.3 Å². The van der Waals surface area contributed by atoms with E-state index in [2.05, 4.69) is 45.1 Å². The molecule has 2 aliphatic rings. The van der Waals surface area contributed by atoms with E-state index in [0.29, 0.717) is 4.77 Å². The van der Waals surface area contributed by atoms with Crippen LogP contribution in [0.4, 0.5) is 0 Å². The highest BCUT2D eigenvalue weighted by Gasteiger charge is 2.32. The molecule has 4 rings (SSSR count). The van der Waals surface area contributed by atoms with Crippen molar-refractivity contribution in [1.82, 2.24) is 14.8 Å². The van der Waals surface area contributed by atoms with Crippen LogP contribution >= 0.6 is 12.2 Å². The Labute approximate surface area is 117 Å². The van der Waals surface area contributed by atoms with Gasteiger partial charge in [0.25, 0.3) is 0 Å². The summed E-state index contributed by atoms with van der Waals surface area (Å²) in [6.45, 7) is 0. The van der Waals surface area contributed by atoms with Gasteiger partial charge in [0.1, 0.15) is 6.33 Å². The fourth-order valence-electron chi connectivity index (χ4n) is 3.05. The third-order valence-corrected chi connectivity index (χ3v) is 4.42. The molecular formula is C15H15N3S. The SMILES string of the molecule is S=c1[nH]ncn1C1CC=C(C2CC2)c2ccccc21. The molecule has 0 spiro atoms. The lowest BCUT2D eigenvalue weighted by Gasteiger charge is -2.26. The zero-order valence-corrected chi connectivity index (χ0v) is 11.4. The van der Waals surface area contributed by atoms with Crippen molar-refractivity contribution in [1.29, 1.82) is 0 Å². The fourth-order valence-corrected chi connectivity index (χ4v) is 3.28. The number of hydrogen-bond acceptors (Lipinski definition) is 2. The van der Waals surface area contributed by atoms with Crippen LogP contribution in [-0.2, 0) is 0 Å². The van der Waals surface area contributed by atoms with Crippen LogP contribution in [0.15, 0.2) is 36.7 Å². The normalized spacial score (nSPS) is 21.9. The molecule has 1 unspecified atom stereocenters. The van der Waals surface area contributed by atoms with Crippen LogP contribution in [0.25, 0.3) is 5.57 Å². The minimum absolute atomic E-state index is 0.282. The largest absolute Gasteiger partial charge is 0.299 e. The maximum atomic E-state index is 5.31. The number of aromatic amines is 1. The second-order valence-corrected chi connectivity index (χ2v) is 5.73. The number of hydrogen-bond donors (Lipinski definition) is 1. The van der Waals surface area contributed by atoms with Crippen molar-refractivity contribution >= 4 is 17.8 Å². The first-order valence-electron chi connectivity index (χ1n) is 6.75. The molecule has 96 valence electrons. The van der Waals surface area contributed by atoms with E-state index in [1.165, 1.54) is 24.0 Å². The van der Waals surface area contributed by atoms with Gasteiger partial charge in [-0.15, -0.1) is 0 Å². The molecule has 19 heavy (non-hydrogen) atoms. The zero-order chi connectivity index (χ0) is 12.8. The number of allylic oxidation sites excluding steroid dienone is 2. The van der Waals surface area contributed by atoms with Gasteiger partial charge in [0.2, 0.25) is 0 Å². The lowest BCUT2D eigenvalue weighted by Crippen LogP contribution is -2.15. The van der Waals surface area contributed by atoms with E-state index in [1.54, 1.807) is 11.9 Å². The Hall–Kier alpha value is -1.68. The van der Waals surface area contributed by atoms with E-state index >= 15 is 0 Å². The quantitative estimate of drug-likeness (QED) is 0.843. The molecule has 1 atom stereocenters. The number of rotatable bonds is 2. The molecule has 1 fully saturated rings. The molecule has 3 nitrogen and oxygen atoms in total. The van der Waals surface area contributed by atoms with Gasteiger partial charge in [-0.1, -0.05) is 30.3 Å². The molecule has 1 aromatic carbocycles. The first-order chi connectivity index (χ1) is 9.34. The van der Waals surface area contributed by atoms with E-state index < -0.39 is 0 Å². The summed E-state index contributed by atoms with van der Waals surface area (Å²) in [4.78, 5) is 0. The molecule has 2 aliphatic carbocycles. The molecule has 0 bridgehead atoms.